The summed E-state index contributed by atoms with van der Waals surface area (Å²) in [6.45, 7) is 5.37. The van der Waals surface area contributed by atoms with E-state index in [1.165, 1.54) is 16.7 Å². The van der Waals surface area contributed by atoms with Gasteiger partial charge in [0.15, 0.2) is 0 Å². The highest BCUT2D eigenvalue weighted by atomic mass is 35.5. The zero-order valence-electron chi connectivity index (χ0n) is 8.02. The first-order valence-electron chi connectivity index (χ1n) is 4.71. The van der Waals surface area contributed by atoms with E-state index in [9.17, 15) is 0 Å². The molecule has 0 spiro atoms. The van der Waals surface area contributed by atoms with Crippen molar-refractivity contribution in [3.63, 3.8) is 0 Å². The van der Waals surface area contributed by atoms with E-state index in [4.69, 9.17) is 11.6 Å². The number of halogens is 1. The van der Waals surface area contributed by atoms with Crippen LogP contribution in [0, 0.1) is 6.92 Å². The quantitative estimate of drug-likeness (QED) is 0.672. The van der Waals surface area contributed by atoms with Crippen LogP contribution < -0.4 is 5.32 Å². The van der Waals surface area contributed by atoms with Crippen LogP contribution in [0.1, 0.15) is 29.7 Å². The number of hydrogen-bond donors (Lipinski definition) is 1. The molecule has 0 aromatic heterocycles. The molecule has 0 bridgehead atoms. The van der Waals surface area contributed by atoms with Gasteiger partial charge in [0.25, 0.3) is 0 Å². The summed E-state index contributed by atoms with van der Waals surface area (Å²) in [4.78, 5) is 0. The smallest absolute Gasteiger partial charge is 0.0438 e. The van der Waals surface area contributed by atoms with Crippen molar-refractivity contribution in [1.82, 2.24) is 5.32 Å². The normalized spacial score (nSPS) is 21.3. The van der Waals surface area contributed by atoms with Crippen molar-refractivity contribution in [3.05, 3.63) is 33.8 Å². The first-order chi connectivity index (χ1) is 6.20. The third kappa shape index (κ3) is 1.47. The molecule has 1 aliphatic rings. The van der Waals surface area contributed by atoms with Crippen molar-refractivity contribution in [3.8, 4) is 0 Å². The lowest BCUT2D eigenvalue weighted by atomic mass is 9.92. The topological polar surface area (TPSA) is 12.0 Å². The Morgan fingerprint density at radius 2 is 2.23 bits per heavy atom. The minimum absolute atomic E-state index is 0.472. The lowest BCUT2D eigenvalue weighted by Gasteiger charge is -2.25. The monoisotopic (exact) mass is 195 g/mol. The minimum Gasteiger partial charge on any atom is -0.310 e. The molecule has 1 heterocycles. The minimum atomic E-state index is 0.472. The average Bonchev–Trinajstić information content (AvgIpc) is 2.12. The zero-order valence-corrected chi connectivity index (χ0v) is 8.78. The molecule has 0 radical (unpaired) electrons. The second-order valence-electron chi connectivity index (χ2n) is 3.67. The molecule has 0 amide bonds. The summed E-state index contributed by atoms with van der Waals surface area (Å²) < 4.78 is 0. The number of hydrogen-bond acceptors (Lipinski definition) is 1. The van der Waals surface area contributed by atoms with E-state index in [-0.39, 0.29) is 0 Å². The Morgan fingerprint density at radius 1 is 1.46 bits per heavy atom. The largest absolute Gasteiger partial charge is 0.310 e. The molecule has 1 atom stereocenters. The van der Waals surface area contributed by atoms with E-state index in [1.807, 2.05) is 6.07 Å². The Bertz CT molecular complexity index is 333. The van der Waals surface area contributed by atoms with Gasteiger partial charge in [0.1, 0.15) is 0 Å². The molecular formula is C11H14ClN. The Balaban J connectivity index is 2.56. The molecule has 0 saturated carbocycles. The van der Waals surface area contributed by atoms with Crippen molar-refractivity contribution in [2.45, 2.75) is 26.3 Å². The Labute approximate surface area is 84.1 Å². The molecule has 2 heteroatoms. The number of benzene rings is 1. The van der Waals surface area contributed by atoms with Crippen LogP contribution in [0.4, 0.5) is 0 Å². The van der Waals surface area contributed by atoms with Crippen molar-refractivity contribution in [2.75, 3.05) is 6.54 Å². The number of fused-ring (bicyclic) bond motifs is 1. The summed E-state index contributed by atoms with van der Waals surface area (Å²) in [6.07, 6.45) is 1.10. The van der Waals surface area contributed by atoms with Crippen LogP contribution in [0.2, 0.25) is 5.02 Å². The van der Waals surface area contributed by atoms with E-state index in [2.05, 4.69) is 25.2 Å². The third-order valence-corrected chi connectivity index (χ3v) is 3.27. The number of rotatable bonds is 0. The lowest BCUT2D eigenvalue weighted by molar-refractivity contribution is 0.539. The second kappa shape index (κ2) is 3.32. The zero-order chi connectivity index (χ0) is 9.42. The fraction of sp³-hybridized carbons (Fsp3) is 0.455. The van der Waals surface area contributed by atoms with E-state index in [0.717, 1.165) is 18.0 Å². The maximum absolute atomic E-state index is 6.07. The molecule has 0 fully saturated rings. The van der Waals surface area contributed by atoms with Crippen LogP contribution in [-0.4, -0.2) is 6.54 Å². The maximum atomic E-state index is 6.07. The van der Waals surface area contributed by atoms with Gasteiger partial charge in [-0.15, -0.1) is 0 Å². The third-order valence-electron chi connectivity index (χ3n) is 2.86. The van der Waals surface area contributed by atoms with Crippen LogP contribution in [0.15, 0.2) is 12.1 Å². The molecule has 1 N–H and O–H groups in total. The molecule has 1 nitrogen and oxygen atoms in total. The van der Waals surface area contributed by atoms with Gasteiger partial charge >= 0.3 is 0 Å². The fourth-order valence-electron chi connectivity index (χ4n) is 2.01. The standard InChI is InChI=1S/C11H14ClN/c1-7-9-5-6-13-8(2)10(9)3-4-11(7)12/h3-4,8,13H,5-6H2,1-2H3. The predicted molar refractivity (Wildman–Crippen MR) is 56.3 cm³/mol. The van der Waals surface area contributed by atoms with Gasteiger partial charge in [-0.2, -0.15) is 0 Å². The van der Waals surface area contributed by atoms with E-state index in [0.29, 0.717) is 6.04 Å². The molecular weight excluding hydrogens is 182 g/mol. The Hall–Kier alpha value is -0.530. The highest BCUT2D eigenvalue weighted by Gasteiger charge is 2.17. The van der Waals surface area contributed by atoms with Gasteiger partial charge in [-0.25, -0.2) is 0 Å². The summed E-state index contributed by atoms with van der Waals surface area (Å²) >= 11 is 6.07. The maximum Gasteiger partial charge on any atom is 0.0438 e. The van der Waals surface area contributed by atoms with Gasteiger partial charge in [-0.1, -0.05) is 17.7 Å². The highest BCUT2D eigenvalue weighted by molar-refractivity contribution is 6.31. The van der Waals surface area contributed by atoms with Gasteiger partial charge in [0, 0.05) is 11.1 Å². The van der Waals surface area contributed by atoms with Gasteiger partial charge in [0.05, 0.1) is 0 Å². The van der Waals surface area contributed by atoms with Crippen LogP contribution in [0.3, 0.4) is 0 Å². The molecule has 1 aromatic carbocycles. The summed E-state index contributed by atoms with van der Waals surface area (Å²) in [7, 11) is 0. The summed E-state index contributed by atoms with van der Waals surface area (Å²) in [5, 5.41) is 4.34. The molecule has 1 aliphatic heterocycles. The summed E-state index contributed by atoms with van der Waals surface area (Å²) in [6, 6.07) is 4.61. The fourth-order valence-corrected chi connectivity index (χ4v) is 2.19. The molecule has 13 heavy (non-hydrogen) atoms. The van der Waals surface area contributed by atoms with Crippen molar-refractivity contribution >= 4 is 11.6 Å². The van der Waals surface area contributed by atoms with E-state index < -0.39 is 0 Å². The summed E-state index contributed by atoms with van der Waals surface area (Å²) in [5.41, 5.74) is 4.11. The first kappa shape index (κ1) is 9.04. The van der Waals surface area contributed by atoms with Crippen LogP contribution in [-0.2, 0) is 6.42 Å². The summed E-state index contributed by atoms with van der Waals surface area (Å²) in [5.74, 6) is 0. The van der Waals surface area contributed by atoms with Gasteiger partial charge in [0.2, 0.25) is 0 Å². The van der Waals surface area contributed by atoms with Crippen LogP contribution in [0.5, 0.6) is 0 Å². The van der Waals surface area contributed by atoms with Crippen LogP contribution >= 0.6 is 11.6 Å². The van der Waals surface area contributed by atoms with E-state index >= 15 is 0 Å². The van der Waals surface area contributed by atoms with Crippen molar-refractivity contribution in [2.24, 2.45) is 0 Å². The molecule has 1 unspecified atom stereocenters. The van der Waals surface area contributed by atoms with Crippen LogP contribution in [0.25, 0.3) is 0 Å². The molecule has 0 aliphatic carbocycles. The second-order valence-corrected chi connectivity index (χ2v) is 4.07. The molecule has 70 valence electrons. The lowest BCUT2D eigenvalue weighted by Crippen LogP contribution is -2.28. The van der Waals surface area contributed by atoms with Gasteiger partial charge in [-0.3, -0.25) is 0 Å². The molecule has 0 saturated heterocycles. The average molecular weight is 196 g/mol. The predicted octanol–water partition coefficient (Wildman–Crippen LogP) is 2.86. The number of nitrogens with one attached hydrogen (secondary N) is 1. The van der Waals surface area contributed by atoms with Gasteiger partial charge < -0.3 is 5.32 Å². The SMILES string of the molecule is Cc1c(Cl)ccc2c1CCNC2C. The van der Waals surface area contributed by atoms with E-state index in [1.54, 1.807) is 0 Å². The molecule has 2 rings (SSSR count). The van der Waals surface area contributed by atoms with Crippen molar-refractivity contribution in [1.29, 1.82) is 0 Å². The highest BCUT2D eigenvalue weighted by Crippen LogP contribution is 2.29. The first-order valence-corrected chi connectivity index (χ1v) is 5.09. The Morgan fingerprint density at radius 3 is 3.00 bits per heavy atom. The molecule has 1 aromatic rings. The Kier molecular flexibility index (Phi) is 2.31. The van der Waals surface area contributed by atoms with Crippen molar-refractivity contribution < 1.29 is 0 Å². The van der Waals surface area contributed by atoms with Gasteiger partial charge in [-0.05, 0) is 49.6 Å².